The van der Waals surface area contributed by atoms with Gasteiger partial charge in [-0.25, -0.2) is 0 Å². The molecule has 0 bridgehead atoms. The van der Waals surface area contributed by atoms with E-state index < -0.39 is 6.96 Å². The van der Waals surface area contributed by atoms with Crippen molar-refractivity contribution < 1.29 is 37.5 Å². The van der Waals surface area contributed by atoms with Gasteiger partial charge in [0.2, 0.25) is 0 Å². The van der Waals surface area contributed by atoms with Crippen molar-refractivity contribution in [1.82, 2.24) is 0 Å². The maximum Gasteiger partial charge on any atom is 1.00 e. The number of rotatable bonds is 0. The summed E-state index contributed by atoms with van der Waals surface area (Å²) in [5.74, 6) is 2.54. The summed E-state index contributed by atoms with van der Waals surface area (Å²) in [6.45, 7) is -2.35. The molecule has 0 saturated heterocycles. The molecule has 1 spiro atoms. The maximum absolute atomic E-state index is 5.97. The number of benzene rings is 4. The summed E-state index contributed by atoms with van der Waals surface area (Å²) in [5.41, 5.74) is 0. The quantitative estimate of drug-likeness (QED) is 0.459. The van der Waals surface area contributed by atoms with Gasteiger partial charge in [0.1, 0.15) is 23.0 Å². The molecule has 4 aromatic carbocycles. The minimum absolute atomic E-state index is 0. The Morgan fingerprint density at radius 3 is 1.00 bits per heavy atom. The molecule has 0 atom stereocenters. The first-order valence-corrected chi connectivity index (χ1v) is 8.22. The Balaban J connectivity index is 0.00000150. The van der Waals surface area contributed by atoms with Crippen molar-refractivity contribution in [2.75, 3.05) is 0 Å². The number of hydrogen-bond acceptors (Lipinski definition) is 4. The van der Waals surface area contributed by atoms with Crippen molar-refractivity contribution in [3.05, 3.63) is 72.8 Å². The van der Waals surface area contributed by atoms with Gasteiger partial charge in [0.15, 0.2) is 0 Å². The smallest absolute Gasteiger partial charge is 0.609 e. The van der Waals surface area contributed by atoms with Crippen LogP contribution in [-0.4, -0.2) is 6.96 Å². The van der Waals surface area contributed by atoms with E-state index in [2.05, 4.69) is 0 Å². The molecular formula is C20H12BLiO4. The molecule has 0 aliphatic carbocycles. The van der Waals surface area contributed by atoms with Crippen LogP contribution in [0.15, 0.2) is 72.8 Å². The average Bonchev–Trinajstić information content (AvgIpc) is 3.14. The molecule has 0 radical (unpaired) electrons. The van der Waals surface area contributed by atoms with Gasteiger partial charge in [0.05, 0.1) is 0 Å². The molecule has 4 nitrogen and oxygen atoms in total. The van der Waals surface area contributed by atoms with E-state index in [-0.39, 0.29) is 18.9 Å². The molecule has 6 heteroatoms. The molecule has 0 N–H and O–H groups in total. The summed E-state index contributed by atoms with van der Waals surface area (Å²) in [6.07, 6.45) is 0. The normalized spacial score (nSPS) is 15.4. The fraction of sp³-hybridized carbons (Fsp3) is 0. The molecule has 4 aromatic rings. The topological polar surface area (TPSA) is 36.9 Å². The summed E-state index contributed by atoms with van der Waals surface area (Å²) in [7, 11) is 0. The molecule has 120 valence electrons. The van der Waals surface area contributed by atoms with E-state index in [4.69, 9.17) is 18.6 Å². The van der Waals surface area contributed by atoms with Crippen LogP contribution >= 0.6 is 0 Å². The Morgan fingerprint density at radius 2 is 0.731 bits per heavy atom. The summed E-state index contributed by atoms with van der Waals surface area (Å²) in [6, 6.07) is 23.9. The Morgan fingerprint density at radius 1 is 0.462 bits per heavy atom. The molecule has 0 unspecified atom stereocenters. The fourth-order valence-electron chi connectivity index (χ4n) is 3.53. The monoisotopic (exact) mass is 334 g/mol. The molecule has 2 aliphatic heterocycles. The van der Waals surface area contributed by atoms with Gasteiger partial charge in [-0.05, 0) is 45.8 Å². The Hall–Kier alpha value is -2.74. The van der Waals surface area contributed by atoms with Crippen LogP contribution < -0.4 is 37.5 Å². The van der Waals surface area contributed by atoms with Crippen LogP contribution in [-0.2, 0) is 0 Å². The summed E-state index contributed by atoms with van der Waals surface area (Å²) in [4.78, 5) is 0. The Labute approximate surface area is 161 Å². The zero-order valence-corrected chi connectivity index (χ0v) is 14.1. The SMILES string of the molecule is [Li+].c1ccc2cc3c(cc2c1)O[B-]1(O3)Oc2cc3ccccc3cc2O1. The summed E-state index contributed by atoms with van der Waals surface area (Å²) < 4.78 is 23.9. The minimum Gasteiger partial charge on any atom is -0.609 e. The molecule has 0 amide bonds. The molecule has 2 aliphatic rings. The zero-order chi connectivity index (χ0) is 16.4. The van der Waals surface area contributed by atoms with Crippen LogP contribution in [0.4, 0.5) is 0 Å². The van der Waals surface area contributed by atoms with E-state index in [9.17, 15) is 0 Å². The van der Waals surface area contributed by atoms with Gasteiger partial charge < -0.3 is 18.6 Å². The van der Waals surface area contributed by atoms with Gasteiger partial charge in [0, 0.05) is 0 Å². The molecule has 26 heavy (non-hydrogen) atoms. The van der Waals surface area contributed by atoms with Crippen LogP contribution in [0.3, 0.4) is 0 Å². The Bertz CT molecular complexity index is 991. The fourth-order valence-corrected chi connectivity index (χ4v) is 3.53. The van der Waals surface area contributed by atoms with Gasteiger partial charge in [-0.1, -0.05) is 48.5 Å². The van der Waals surface area contributed by atoms with Crippen LogP contribution in [0, 0.1) is 0 Å². The van der Waals surface area contributed by atoms with E-state index in [0.29, 0.717) is 23.0 Å². The first kappa shape index (κ1) is 15.5. The van der Waals surface area contributed by atoms with Crippen molar-refractivity contribution >= 4 is 28.5 Å². The van der Waals surface area contributed by atoms with Crippen LogP contribution in [0.2, 0.25) is 0 Å². The second kappa shape index (κ2) is 5.38. The third-order valence-corrected chi connectivity index (χ3v) is 4.71. The van der Waals surface area contributed by atoms with Crippen molar-refractivity contribution in [1.29, 1.82) is 0 Å². The van der Waals surface area contributed by atoms with Gasteiger partial charge in [-0.2, -0.15) is 0 Å². The molecule has 2 heterocycles. The van der Waals surface area contributed by atoms with Gasteiger partial charge in [-0.15, -0.1) is 0 Å². The van der Waals surface area contributed by atoms with E-state index in [1.165, 1.54) is 0 Å². The second-order valence-electron chi connectivity index (χ2n) is 6.34. The summed E-state index contributed by atoms with van der Waals surface area (Å²) in [5, 5.41) is 4.33. The standard InChI is InChI=1S/C20H12BO4.Li/c1-2-6-14-10-18-17(9-13(14)5-1)22-21(23-18)24-19-11-15-7-3-4-8-16(15)12-20(19)25-21;/h1-12H;/q-1;+1. The van der Waals surface area contributed by atoms with E-state index >= 15 is 0 Å². The molecule has 0 fully saturated rings. The average molecular weight is 334 g/mol. The third kappa shape index (κ3) is 2.18. The molecule has 0 aromatic heterocycles. The van der Waals surface area contributed by atoms with Gasteiger partial charge in [-0.3, -0.25) is 0 Å². The second-order valence-corrected chi connectivity index (χ2v) is 6.34. The molecular weight excluding hydrogens is 322 g/mol. The molecule has 6 rings (SSSR count). The van der Waals surface area contributed by atoms with Crippen molar-refractivity contribution in [2.45, 2.75) is 0 Å². The predicted molar refractivity (Wildman–Crippen MR) is 96.2 cm³/mol. The zero-order valence-electron chi connectivity index (χ0n) is 14.1. The predicted octanol–water partition coefficient (Wildman–Crippen LogP) is 1.68. The van der Waals surface area contributed by atoms with E-state index in [1.54, 1.807) is 0 Å². The van der Waals surface area contributed by atoms with Crippen molar-refractivity contribution in [3.8, 4) is 23.0 Å². The number of fused-ring (bicyclic) bond motifs is 4. The van der Waals surface area contributed by atoms with E-state index in [0.717, 1.165) is 21.5 Å². The number of hydrogen-bond donors (Lipinski definition) is 0. The van der Waals surface area contributed by atoms with Crippen molar-refractivity contribution in [3.63, 3.8) is 0 Å². The Kier molecular flexibility index (Phi) is 3.21. The third-order valence-electron chi connectivity index (χ3n) is 4.71. The maximum atomic E-state index is 5.97. The van der Waals surface area contributed by atoms with Crippen LogP contribution in [0.1, 0.15) is 0 Å². The van der Waals surface area contributed by atoms with Crippen molar-refractivity contribution in [2.24, 2.45) is 0 Å². The van der Waals surface area contributed by atoms with E-state index in [1.807, 2.05) is 72.8 Å². The first-order valence-electron chi connectivity index (χ1n) is 8.22. The largest absolute Gasteiger partial charge is 1.00 e. The summed E-state index contributed by atoms with van der Waals surface area (Å²) >= 11 is 0. The van der Waals surface area contributed by atoms with Crippen LogP contribution in [0.25, 0.3) is 21.5 Å². The minimum atomic E-state index is -2.35. The first-order chi connectivity index (χ1) is 12.3. The van der Waals surface area contributed by atoms with Gasteiger partial charge in [0.25, 0.3) is 0 Å². The molecule has 0 saturated carbocycles. The van der Waals surface area contributed by atoms with Crippen LogP contribution in [0.5, 0.6) is 23.0 Å². The van der Waals surface area contributed by atoms with Gasteiger partial charge >= 0.3 is 25.8 Å².